The molecule has 0 aliphatic carbocycles. The van der Waals surface area contributed by atoms with Gasteiger partial charge in [0.25, 0.3) is 0 Å². The van der Waals surface area contributed by atoms with Crippen molar-refractivity contribution in [2.45, 2.75) is 32.7 Å². The van der Waals surface area contributed by atoms with E-state index in [2.05, 4.69) is 28.7 Å². The van der Waals surface area contributed by atoms with E-state index >= 15 is 0 Å². The van der Waals surface area contributed by atoms with Crippen molar-refractivity contribution in [3.05, 3.63) is 6.33 Å². The quantitative estimate of drug-likeness (QED) is 0.773. The van der Waals surface area contributed by atoms with Crippen LogP contribution in [0.3, 0.4) is 0 Å². The Morgan fingerprint density at radius 3 is 2.47 bits per heavy atom. The molecule has 0 amide bonds. The van der Waals surface area contributed by atoms with Gasteiger partial charge in [-0.05, 0) is 12.8 Å². The van der Waals surface area contributed by atoms with Gasteiger partial charge in [-0.1, -0.05) is 13.8 Å². The number of ether oxygens (including phenoxy) is 2. The number of rotatable bonds is 8. The van der Waals surface area contributed by atoms with Crippen molar-refractivity contribution in [2.75, 3.05) is 38.0 Å². The second-order valence-corrected chi connectivity index (χ2v) is 4.28. The maximum atomic E-state index is 6.08. The number of aromatic nitrogens is 2. The summed E-state index contributed by atoms with van der Waals surface area (Å²) in [5, 5.41) is 0. The molecule has 108 valence electrons. The van der Waals surface area contributed by atoms with Gasteiger partial charge in [0.2, 0.25) is 5.88 Å². The molecule has 0 saturated heterocycles. The van der Waals surface area contributed by atoms with Crippen LogP contribution in [0.2, 0.25) is 0 Å². The first kappa shape index (κ1) is 15.5. The second-order valence-electron chi connectivity index (χ2n) is 4.28. The van der Waals surface area contributed by atoms with Crippen molar-refractivity contribution in [3.63, 3.8) is 0 Å². The van der Waals surface area contributed by atoms with E-state index < -0.39 is 0 Å². The number of anilines is 2. The Morgan fingerprint density at radius 1 is 1.26 bits per heavy atom. The Morgan fingerprint density at radius 2 is 1.95 bits per heavy atom. The normalized spacial score (nSPS) is 10.8. The fourth-order valence-electron chi connectivity index (χ4n) is 2.14. The van der Waals surface area contributed by atoms with Gasteiger partial charge in [0.1, 0.15) is 12.0 Å². The number of nitrogens with zero attached hydrogens (tertiary/aromatic N) is 3. The number of nitrogens with two attached hydrogens (primary N) is 1. The van der Waals surface area contributed by atoms with Gasteiger partial charge in [-0.25, -0.2) is 4.98 Å². The highest BCUT2D eigenvalue weighted by Gasteiger charge is 2.21. The van der Waals surface area contributed by atoms with E-state index in [9.17, 15) is 0 Å². The summed E-state index contributed by atoms with van der Waals surface area (Å²) in [4.78, 5) is 10.5. The monoisotopic (exact) mass is 268 g/mol. The summed E-state index contributed by atoms with van der Waals surface area (Å²) in [6, 6.07) is 0.372. The van der Waals surface area contributed by atoms with E-state index in [0.717, 1.165) is 25.2 Å². The van der Waals surface area contributed by atoms with Crippen molar-refractivity contribution in [1.29, 1.82) is 0 Å². The molecule has 0 unspecified atom stereocenters. The van der Waals surface area contributed by atoms with Crippen LogP contribution in [0.15, 0.2) is 6.33 Å². The molecule has 0 bridgehead atoms. The summed E-state index contributed by atoms with van der Waals surface area (Å²) in [5.74, 6) is 1.14. The van der Waals surface area contributed by atoms with Crippen LogP contribution in [0.1, 0.15) is 26.7 Å². The fourth-order valence-corrected chi connectivity index (χ4v) is 2.14. The summed E-state index contributed by atoms with van der Waals surface area (Å²) in [6.07, 6.45) is 3.52. The molecule has 19 heavy (non-hydrogen) atoms. The maximum absolute atomic E-state index is 6.08. The average Bonchev–Trinajstić information content (AvgIpc) is 2.44. The van der Waals surface area contributed by atoms with Crippen LogP contribution in [0.4, 0.5) is 11.5 Å². The van der Waals surface area contributed by atoms with Gasteiger partial charge in [0.15, 0.2) is 5.82 Å². The van der Waals surface area contributed by atoms with Gasteiger partial charge in [0.05, 0.1) is 13.7 Å². The van der Waals surface area contributed by atoms with Crippen LogP contribution in [0.25, 0.3) is 0 Å². The molecule has 0 radical (unpaired) electrons. The zero-order chi connectivity index (χ0) is 14.3. The molecular formula is C13H24N4O2. The van der Waals surface area contributed by atoms with E-state index in [1.165, 1.54) is 6.33 Å². The Bertz CT molecular complexity index is 383. The first-order chi connectivity index (χ1) is 9.19. The van der Waals surface area contributed by atoms with Crippen LogP contribution < -0.4 is 15.4 Å². The molecule has 1 aromatic rings. The van der Waals surface area contributed by atoms with Gasteiger partial charge < -0.3 is 20.1 Å². The van der Waals surface area contributed by atoms with Crippen LogP contribution >= 0.6 is 0 Å². The first-order valence-electron chi connectivity index (χ1n) is 6.59. The van der Waals surface area contributed by atoms with Crippen molar-refractivity contribution < 1.29 is 9.47 Å². The molecule has 0 spiro atoms. The predicted molar refractivity (Wildman–Crippen MR) is 76.6 cm³/mol. The van der Waals surface area contributed by atoms with Crippen LogP contribution in [-0.2, 0) is 4.74 Å². The SMILES string of the molecule is CCC(CC)N(CCOC)c1ncnc(OC)c1N. The molecule has 0 aliphatic heterocycles. The van der Waals surface area contributed by atoms with E-state index in [4.69, 9.17) is 15.2 Å². The van der Waals surface area contributed by atoms with E-state index in [-0.39, 0.29) is 0 Å². The maximum Gasteiger partial charge on any atom is 0.242 e. The van der Waals surface area contributed by atoms with E-state index in [0.29, 0.717) is 24.2 Å². The smallest absolute Gasteiger partial charge is 0.242 e. The number of hydrogen-bond donors (Lipinski definition) is 1. The highest BCUT2D eigenvalue weighted by molar-refractivity contribution is 5.68. The topological polar surface area (TPSA) is 73.5 Å². The average molecular weight is 268 g/mol. The lowest BCUT2D eigenvalue weighted by Gasteiger charge is -2.32. The third kappa shape index (κ3) is 3.70. The Balaban J connectivity index is 3.08. The minimum Gasteiger partial charge on any atom is -0.479 e. The largest absolute Gasteiger partial charge is 0.479 e. The summed E-state index contributed by atoms with van der Waals surface area (Å²) < 4.78 is 10.3. The summed E-state index contributed by atoms with van der Waals surface area (Å²) in [6.45, 7) is 5.68. The zero-order valence-electron chi connectivity index (χ0n) is 12.2. The lowest BCUT2D eigenvalue weighted by molar-refractivity contribution is 0.202. The molecule has 0 atom stereocenters. The fraction of sp³-hybridized carbons (Fsp3) is 0.692. The predicted octanol–water partition coefficient (Wildman–Crippen LogP) is 1.71. The van der Waals surface area contributed by atoms with E-state index in [1.807, 2.05) is 0 Å². The van der Waals surface area contributed by atoms with Crippen LogP contribution in [0, 0.1) is 0 Å². The summed E-state index contributed by atoms with van der Waals surface area (Å²) in [5.41, 5.74) is 6.56. The van der Waals surface area contributed by atoms with Gasteiger partial charge in [-0.3, -0.25) is 0 Å². The third-order valence-corrected chi connectivity index (χ3v) is 3.21. The molecule has 0 saturated carbocycles. The molecule has 6 heteroatoms. The Labute approximate surface area is 114 Å². The summed E-state index contributed by atoms with van der Waals surface area (Å²) >= 11 is 0. The summed E-state index contributed by atoms with van der Waals surface area (Å²) in [7, 11) is 3.24. The molecule has 1 heterocycles. The standard InChI is InChI=1S/C13H24N4O2/c1-5-10(6-2)17(7-8-18-3)12-11(14)13(19-4)16-9-15-12/h9-10H,5-8,14H2,1-4H3. The molecular weight excluding hydrogens is 244 g/mol. The van der Waals surface area contributed by atoms with E-state index in [1.54, 1.807) is 14.2 Å². The Hall–Kier alpha value is -1.56. The number of nitrogen functional groups attached to an aromatic ring is 1. The van der Waals surface area contributed by atoms with Gasteiger partial charge in [-0.15, -0.1) is 0 Å². The first-order valence-corrected chi connectivity index (χ1v) is 6.59. The molecule has 6 nitrogen and oxygen atoms in total. The molecule has 1 rings (SSSR count). The third-order valence-electron chi connectivity index (χ3n) is 3.21. The number of methoxy groups -OCH3 is 2. The number of hydrogen-bond acceptors (Lipinski definition) is 6. The van der Waals surface area contributed by atoms with Gasteiger partial charge >= 0.3 is 0 Å². The molecule has 0 aromatic carbocycles. The van der Waals surface area contributed by atoms with Gasteiger partial charge in [0, 0.05) is 19.7 Å². The lowest BCUT2D eigenvalue weighted by Crippen LogP contribution is -2.38. The minimum absolute atomic E-state index is 0.372. The lowest BCUT2D eigenvalue weighted by atomic mass is 10.1. The van der Waals surface area contributed by atoms with Crippen molar-refractivity contribution >= 4 is 11.5 Å². The van der Waals surface area contributed by atoms with Crippen molar-refractivity contribution in [2.24, 2.45) is 0 Å². The molecule has 2 N–H and O–H groups in total. The Kier molecular flexibility index (Phi) is 6.35. The van der Waals surface area contributed by atoms with Crippen LogP contribution in [-0.4, -0.2) is 43.4 Å². The molecule has 0 fully saturated rings. The second kappa shape index (κ2) is 7.78. The highest BCUT2D eigenvalue weighted by Crippen LogP contribution is 2.29. The minimum atomic E-state index is 0.372. The van der Waals surface area contributed by atoms with Crippen LogP contribution in [0.5, 0.6) is 5.88 Å². The molecule has 0 aliphatic rings. The zero-order valence-corrected chi connectivity index (χ0v) is 12.2. The molecule has 1 aromatic heterocycles. The van der Waals surface area contributed by atoms with Crippen molar-refractivity contribution in [3.8, 4) is 5.88 Å². The van der Waals surface area contributed by atoms with Gasteiger partial charge in [-0.2, -0.15) is 4.98 Å². The highest BCUT2D eigenvalue weighted by atomic mass is 16.5. The van der Waals surface area contributed by atoms with Crippen molar-refractivity contribution in [1.82, 2.24) is 9.97 Å².